The fourth-order valence-corrected chi connectivity index (χ4v) is 2.03. The van der Waals surface area contributed by atoms with Gasteiger partial charge in [-0.25, -0.2) is 0 Å². The van der Waals surface area contributed by atoms with Crippen LogP contribution in [0.2, 0.25) is 0 Å². The molecule has 2 aromatic carbocycles. The molecule has 0 fully saturated rings. The lowest BCUT2D eigenvalue weighted by atomic mass is 10.1. The van der Waals surface area contributed by atoms with Crippen LogP contribution in [0.5, 0.6) is 0 Å². The first-order valence-corrected chi connectivity index (χ1v) is 5.48. The van der Waals surface area contributed by atoms with Crippen LogP contribution in [0.4, 0.5) is 22.7 Å². The van der Waals surface area contributed by atoms with Gasteiger partial charge in [-0.15, -0.1) is 0 Å². The molecule has 0 atom stereocenters. The summed E-state index contributed by atoms with van der Waals surface area (Å²) >= 11 is 0. The number of benzene rings is 2. The third-order valence-corrected chi connectivity index (χ3v) is 2.89. The monoisotopic (exact) mass is 210 g/mol. The average Bonchev–Trinajstić information content (AvgIpc) is 2.26. The fraction of sp³-hybridized carbons (Fsp3) is 0.143. The second kappa shape index (κ2) is 3.27. The number of fused-ring (bicyclic) bond motifs is 2. The second-order valence-electron chi connectivity index (χ2n) is 4.35. The predicted molar refractivity (Wildman–Crippen MR) is 68.9 cm³/mol. The van der Waals surface area contributed by atoms with Gasteiger partial charge in [0.25, 0.3) is 0 Å². The summed E-state index contributed by atoms with van der Waals surface area (Å²) in [6.45, 7) is 4.21. The summed E-state index contributed by atoms with van der Waals surface area (Å²) in [7, 11) is 0. The summed E-state index contributed by atoms with van der Waals surface area (Å²) < 4.78 is 0. The van der Waals surface area contributed by atoms with Crippen LogP contribution in [0.1, 0.15) is 11.1 Å². The Hall–Kier alpha value is -1.96. The summed E-state index contributed by atoms with van der Waals surface area (Å²) in [6, 6.07) is 12.8. The second-order valence-corrected chi connectivity index (χ2v) is 4.35. The van der Waals surface area contributed by atoms with Crippen molar-refractivity contribution >= 4 is 22.7 Å². The standard InChI is InChI=1S/C14H14N2/c1-9-3-5-11-13(7-9)16-14-8-10(2)4-6-12(14)15-11/h3-8,15-16H,1-2H3. The Bertz CT molecular complexity index is 509. The fourth-order valence-electron chi connectivity index (χ4n) is 2.03. The molecular formula is C14H14N2. The Morgan fingerprint density at radius 2 is 1.06 bits per heavy atom. The highest BCUT2D eigenvalue weighted by atomic mass is 15.0. The third-order valence-electron chi connectivity index (χ3n) is 2.89. The van der Waals surface area contributed by atoms with Crippen LogP contribution in [0, 0.1) is 13.8 Å². The normalized spacial score (nSPS) is 12.1. The van der Waals surface area contributed by atoms with Gasteiger partial charge < -0.3 is 10.6 Å². The smallest absolute Gasteiger partial charge is 0.0626 e. The third kappa shape index (κ3) is 1.43. The van der Waals surface area contributed by atoms with Gasteiger partial charge in [-0.2, -0.15) is 0 Å². The quantitative estimate of drug-likeness (QED) is 0.583. The first-order chi connectivity index (χ1) is 7.72. The molecule has 3 rings (SSSR count). The Morgan fingerprint density at radius 1 is 0.625 bits per heavy atom. The van der Waals surface area contributed by atoms with Crippen LogP contribution in [0.3, 0.4) is 0 Å². The molecule has 2 N–H and O–H groups in total. The summed E-state index contributed by atoms with van der Waals surface area (Å²) in [4.78, 5) is 0. The maximum absolute atomic E-state index is 3.46. The number of hydrogen-bond acceptors (Lipinski definition) is 2. The topological polar surface area (TPSA) is 24.1 Å². The van der Waals surface area contributed by atoms with Crippen LogP contribution in [0.15, 0.2) is 36.4 Å². The molecule has 1 heterocycles. The molecule has 16 heavy (non-hydrogen) atoms. The van der Waals surface area contributed by atoms with Crippen molar-refractivity contribution in [3.63, 3.8) is 0 Å². The number of aryl methyl sites for hydroxylation is 2. The van der Waals surface area contributed by atoms with Crippen molar-refractivity contribution in [2.75, 3.05) is 10.6 Å². The van der Waals surface area contributed by atoms with E-state index in [1.807, 2.05) is 0 Å². The van der Waals surface area contributed by atoms with E-state index in [0.29, 0.717) is 0 Å². The van der Waals surface area contributed by atoms with E-state index < -0.39 is 0 Å². The lowest BCUT2D eigenvalue weighted by Crippen LogP contribution is -2.06. The van der Waals surface area contributed by atoms with Crippen LogP contribution in [0.25, 0.3) is 0 Å². The van der Waals surface area contributed by atoms with Crippen LogP contribution >= 0.6 is 0 Å². The number of hydrogen-bond donors (Lipinski definition) is 2. The molecule has 0 amide bonds. The molecule has 0 unspecified atom stereocenters. The van der Waals surface area contributed by atoms with Crippen LogP contribution in [-0.4, -0.2) is 0 Å². The lowest BCUT2D eigenvalue weighted by molar-refractivity contribution is 1.38. The zero-order valence-corrected chi connectivity index (χ0v) is 9.46. The molecule has 0 aliphatic carbocycles. The first-order valence-electron chi connectivity index (χ1n) is 5.48. The first kappa shape index (κ1) is 9.28. The molecule has 2 aromatic rings. The van der Waals surface area contributed by atoms with E-state index >= 15 is 0 Å². The van der Waals surface area contributed by atoms with Gasteiger partial charge in [-0.05, 0) is 49.2 Å². The summed E-state index contributed by atoms with van der Waals surface area (Å²) in [6.07, 6.45) is 0. The Labute approximate surface area is 95.3 Å². The maximum Gasteiger partial charge on any atom is 0.0626 e. The van der Waals surface area contributed by atoms with Gasteiger partial charge in [0.15, 0.2) is 0 Å². The molecule has 1 aliphatic heterocycles. The summed E-state index contributed by atoms with van der Waals surface area (Å²) in [5, 5.41) is 6.89. The summed E-state index contributed by atoms with van der Waals surface area (Å²) in [5.41, 5.74) is 7.12. The van der Waals surface area contributed by atoms with Crippen molar-refractivity contribution in [2.45, 2.75) is 13.8 Å². The van der Waals surface area contributed by atoms with E-state index in [9.17, 15) is 0 Å². The SMILES string of the molecule is Cc1ccc2c(c1)Nc1cc(C)ccc1N2. The number of nitrogens with one attached hydrogen (secondary N) is 2. The molecule has 2 nitrogen and oxygen atoms in total. The minimum atomic E-state index is 1.14. The van der Waals surface area contributed by atoms with E-state index in [4.69, 9.17) is 0 Å². The van der Waals surface area contributed by atoms with Crippen LogP contribution in [-0.2, 0) is 0 Å². The van der Waals surface area contributed by atoms with Crippen molar-refractivity contribution < 1.29 is 0 Å². The maximum atomic E-state index is 3.46. The molecule has 80 valence electrons. The van der Waals surface area contributed by atoms with E-state index in [1.165, 1.54) is 11.1 Å². The minimum Gasteiger partial charge on any atom is -0.352 e. The average molecular weight is 210 g/mol. The van der Waals surface area contributed by atoms with Gasteiger partial charge in [-0.3, -0.25) is 0 Å². The van der Waals surface area contributed by atoms with Crippen molar-refractivity contribution in [3.05, 3.63) is 47.5 Å². The van der Waals surface area contributed by atoms with Crippen LogP contribution < -0.4 is 10.6 Å². The van der Waals surface area contributed by atoms with Gasteiger partial charge in [0.2, 0.25) is 0 Å². The molecule has 0 radical (unpaired) electrons. The number of anilines is 4. The molecule has 0 bridgehead atoms. The molecular weight excluding hydrogens is 196 g/mol. The molecule has 2 heteroatoms. The highest BCUT2D eigenvalue weighted by Crippen LogP contribution is 2.38. The predicted octanol–water partition coefficient (Wildman–Crippen LogP) is 4.10. The zero-order valence-electron chi connectivity index (χ0n) is 9.46. The molecule has 0 spiro atoms. The van der Waals surface area contributed by atoms with E-state index in [1.54, 1.807) is 0 Å². The summed E-state index contributed by atoms with van der Waals surface area (Å²) in [5.74, 6) is 0. The van der Waals surface area contributed by atoms with Crippen molar-refractivity contribution in [2.24, 2.45) is 0 Å². The van der Waals surface area contributed by atoms with E-state index in [2.05, 4.69) is 60.9 Å². The van der Waals surface area contributed by atoms with Gasteiger partial charge in [0.1, 0.15) is 0 Å². The number of rotatable bonds is 0. The Morgan fingerprint density at radius 3 is 1.56 bits per heavy atom. The van der Waals surface area contributed by atoms with Crippen molar-refractivity contribution in [3.8, 4) is 0 Å². The zero-order chi connectivity index (χ0) is 11.1. The van der Waals surface area contributed by atoms with Crippen molar-refractivity contribution in [1.29, 1.82) is 0 Å². The Kier molecular flexibility index (Phi) is 1.90. The lowest BCUT2D eigenvalue weighted by Gasteiger charge is -2.23. The van der Waals surface area contributed by atoms with Gasteiger partial charge in [0, 0.05) is 0 Å². The van der Waals surface area contributed by atoms with E-state index in [-0.39, 0.29) is 0 Å². The molecule has 1 aliphatic rings. The largest absolute Gasteiger partial charge is 0.352 e. The molecule has 0 saturated carbocycles. The van der Waals surface area contributed by atoms with E-state index in [0.717, 1.165) is 22.7 Å². The highest BCUT2D eigenvalue weighted by Gasteiger charge is 2.13. The van der Waals surface area contributed by atoms with Crippen molar-refractivity contribution in [1.82, 2.24) is 0 Å². The van der Waals surface area contributed by atoms with Gasteiger partial charge >= 0.3 is 0 Å². The van der Waals surface area contributed by atoms with Gasteiger partial charge in [-0.1, -0.05) is 12.1 Å². The Balaban J connectivity index is 2.10. The minimum absolute atomic E-state index is 1.14. The van der Waals surface area contributed by atoms with Gasteiger partial charge in [0.05, 0.1) is 22.7 Å². The highest BCUT2D eigenvalue weighted by molar-refractivity contribution is 5.90. The molecule has 0 aromatic heterocycles. The molecule has 0 saturated heterocycles.